The molecule has 0 unspecified atom stereocenters. The van der Waals surface area contributed by atoms with Crippen LogP contribution in [0.25, 0.3) is 27.8 Å². The van der Waals surface area contributed by atoms with Gasteiger partial charge in [-0.1, -0.05) is 32.0 Å². The Kier molecular flexibility index (Phi) is 13.2. The van der Waals surface area contributed by atoms with Gasteiger partial charge in [-0.25, -0.2) is 46.3 Å². The number of anilines is 1. The average molecular weight is 843 g/mol. The number of benzene rings is 2. The number of hydrogen-bond donors (Lipinski definition) is 2. The SMILES string of the molecule is COCc1ncc(-c2ccc(S(=O)(=O)Nc3cc(F)c(C(=O)N[C@@H](CCc4ccc(-n5c(=O)c6ccncc6n(C)c5=O)nc4)C(=O)OCCC(C)C)cc3F)cc2)cn1. The van der Waals surface area contributed by atoms with Gasteiger partial charge in [-0.2, -0.15) is 0 Å². The highest BCUT2D eigenvalue weighted by atomic mass is 32.2. The third-order valence-corrected chi connectivity index (χ3v) is 10.8. The van der Waals surface area contributed by atoms with Gasteiger partial charge in [-0.3, -0.25) is 23.9 Å². The second-order valence-corrected chi connectivity index (χ2v) is 15.8. The molecule has 60 heavy (non-hydrogen) atoms. The number of carbonyl (C=O) groups excluding carboxylic acids is 2. The second-order valence-electron chi connectivity index (χ2n) is 14.1. The van der Waals surface area contributed by atoms with E-state index in [2.05, 4.69) is 25.3 Å². The van der Waals surface area contributed by atoms with Crippen LogP contribution >= 0.6 is 0 Å². The molecule has 4 heterocycles. The van der Waals surface area contributed by atoms with E-state index in [1.807, 2.05) is 18.6 Å². The lowest BCUT2D eigenvalue weighted by Gasteiger charge is -2.19. The van der Waals surface area contributed by atoms with Crippen LogP contribution in [-0.2, 0) is 44.4 Å². The quantitative estimate of drug-likeness (QED) is 0.129. The van der Waals surface area contributed by atoms with Gasteiger partial charge in [0.2, 0.25) is 0 Å². The summed E-state index contributed by atoms with van der Waals surface area (Å²) in [6.07, 6.45) is 7.95. The first-order chi connectivity index (χ1) is 28.7. The summed E-state index contributed by atoms with van der Waals surface area (Å²) in [4.78, 5) is 69.2. The normalized spacial score (nSPS) is 12.1. The Hall–Kier alpha value is -6.73. The average Bonchev–Trinajstić information content (AvgIpc) is 3.23. The number of esters is 1. The van der Waals surface area contributed by atoms with Crippen LogP contribution < -0.4 is 21.3 Å². The van der Waals surface area contributed by atoms with Crippen LogP contribution in [-0.4, -0.2) is 69.1 Å². The van der Waals surface area contributed by atoms with E-state index in [1.165, 1.54) is 73.7 Å². The van der Waals surface area contributed by atoms with E-state index in [0.717, 1.165) is 4.57 Å². The molecule has 312 valence electrons. The summed E-state index contributed by atoms with van der Waals surface area (Å²) in [5.74, 6) is -3.78. The van der Waals surface area contributed by atoms with Crippen molar-refractivity contribution in [3.8, 4) is 16.9 Å². The van der Waals surface area contributed by atoms with Crippen molar-refractivity contribution < 1.29 is 36.3 Å². The van der Waals surface area contributed by atoms with E-state index in [-0.39, 0.29) is 48.1 Å². The molecule has 6 rings (SSSR count). The number of nitrogens with one attached hydrogen (secondary N) is 2. The van der Waals surface area contributed by atoms with Gasteiger partial charge < -0.3 is 14.8 Å². The van der Waals surface area contributed by atoms with Crippen LogP contribution in [0.2, 0.25) is 0 Å². The van der Waals surface area contributed by atoms with Crippen molar-refractivity contribution in [1.82, 2.24) is 34.4 Å². The van der Waals surface area contributed by atoms with Crippen molar-refractivity contribution in [2.75, 3.05) is 18.4 Å². The number of nitrogens with zero attached hydrogens (tertiary/aromatic N) is 6. The summed E-state index contributed by atoms with van der Waals surface area (Å²) in [5.41, 5.74) is -0.647. The summed E-state index contributed by atoms with van der Waals surface area (Å²) in [6, 6.07) is 9.82. The number of pyridine rings is 2. The molecule has 1 amide bonds. The van der Waals surface area contributed by atoms with Gasteiger partial charge in [0.25, 0.3) is 21.5 Å². The highest BCUT2D eigenvalue weighted by molar-refractivity contribution is 7.92. The van der Waals surface area contributed by atoms with Gasteiger partial charge in [0.15, 0.2) is 5.82 Å². The molecular formula is C41H40F2N8O8S. The standard InChI is InChI=1S/C41H40F2N8O8S/c1-24(2)14-16-59-40(54)33(11-5-25-6-12-37(47-19-25)51-39(53)29-13-15-44-22-35(29)50(3)41(51)55)48-38(52)30-17-32(43)34(18-31(30)42)49-60(56,57)28-9-7-26(8-10-28)27-20-45-36(23-58-4)46-21-27/h6-10,12-13,15,17-22,24,33,49H,5,11,14,16,23H2,1-4H3,(H,48,52)/t33-/m0/s1. The van der Waals surface area contributed by atoms with Crippen LogP contribution in [0, 0.1) is 17.6 Å². The first kappa shape index (κ1) is 42.9. The molecule has 0 spiro atoms. The number of aryl methyl sites for hydroxylation is 2. The number of ether oxygens (including phenoxy) is 2. The van der Waals surface area contributed by atoms with E-state index in [1.54, 1.807) is 18.5 Å². The third kappa shape index (κ3) is 9.75. The Labute approximate surface area is 342 Å². The number of methoxy groups -OCH3 is 1. The first-order valence-electron chi connectivity index (χ1n) is 18.6. The Morgan fingerprint density at radius 3 is 2.28 bits per heavy atom. The number of carbonyl (C=O) groups is 2. The molecular weight excluding hydrogens is 803 g/mol. The molecule has 16 nitrogen and oxygen atoms in total. The zero-order chi connectivity index (χ0) is 43.1. The maximum atomic E-state index is 15.5. The van der Waals surface area contributed by atoms with Crippen molar-refractivity contribution in [1.29, 1.82) is 0 Å². The minimum atomic E-state index is -4.42. The number of hydrogen-bond acceptors (Lipinski definition) is 12. The van der Waals surface area contributed by atoms with Crippen molar-refractivity contribution >= 4 is 38.5 Å². The van der Waals surface area contributed by atoms with Crippen LogP contribution in [0.4, 0.5) is 14.5 Å². The predicted octanol–water partition coefficient (Wildman–Crippen LogP) is 4.48. The van der Waals surface area contributed by atoms with E-state index in [4.69, 9.17) is 9.47 Å². The van der Waals surface area contributed by atoms with Crippen molar-refractivity contribution in [2.45, 2.75) is 50.7 Å². The fourth-order valence-electron chi connectivity index (χ4n) is 6.02. The maximum absolute atomic E-state index is 15.5. The van der Waals surface area contributed by atoms with Gasteiger partial charge in [0.1, 0.15) is 30.1 Å². The lowest BCUT2D eigenvalue weighted by atomic mass is 10.1. The monoisotopic (exact) mass is 842 g/mol. The minimum Gasteiger partial charge on any atom is -0.464 e. The number of amides is 1. The van der Waals surface area contributed by atoms with Crippen molar-refractivity contribution in [3.63, 3.8) is 0 Å². The lowest BCUT2D eigenvalue weighted by Crippen LogP contribution is -2.42. The minimum absolute atomic E-state index is 0.0433. The smallest absolute Gasteiger partial charge is 0.337 e. The van der Waals surface area contributed by atoms with E-state index in [0.29, 0.717) is 46.6 Å². The predicted molar refractivity (Wildman–Crippen MR) is 216 cm³/mol. The van der Waals surface area contributed by atoms with Gasteiger partial charge >= 0.3 is 11.7 Å². The van der Waals surface area contributed by atoms with Gasteiger partial charge in [-0.05, 0) is 66.6 Å². The molecule has 0 aliphatic carbocycles. The fraction of sp³-hybridized carbons (Fsp3) is 0.268. The molecule has 19 heteroatoms. The molecule has 2 N–H and O–H groups in total. The largest absolute Gasteiger partial charge is 0.464 e. The number of rotatable bonds is 16. The molecule has 0 fully saturated rings. The van der Waals surface area contributed by atoms with E-state index >= 15 is 8.78 Å². The number of halogens is 2. The lowest BCUT2D eigenvalue weighted by molar-refractivity contribution is -0.146. The van der Waals surface area contributed by atoms with Crippen molar-refractivity contribution in [3.05, 3.63) is 135 Å². The highest BCUT2D eigenvalue weighted by Gasteiger charge is 2.27. The molecule has 4 aromatic heterocycles. The molecule has 0 aliphatic rings. The van der Waals surface area contributed by atoms with Gasteiger partial charge in [-0.15, -0.1) is 0 Å². The molecule has 6 aromatic rings. The van der Waals surface area contributed by atoms with Crippen molar-refractivity contribution in [2.24, 2.45) is 13.0 Å². The Bertz CT molecular complexity index is 2760. The summed E-state index contributed by atoms with van der Waals surface area (Å²) in [6.45, 7) is 4.13. The van der Waals surface area contributed by atoms with E-state index < -0.39 is 62.1 Å². The summed E-state index contributed by atoms with van der Waals surface area (Å²) >= 11 is 0. The van der Waals surface area contributed by atoms with Crippen LogP contribution in [0.3, 0.4) is 0 Å². The Balaban J connectivity index is 1.16. The van der Waals surface area contributed by atoms with Crippen LogP contribution in [0.5, 0.6) is 0 Å². The highest BCUT2D eigenvalue weighted by Crippen LogP contribution is 2.25. The maximum Gasteiger partial charge on any atom is 0.337 e. The van der Waals surface area contributed by atoms with Gasteiger partial charge in [0.05, 0.1) is 39.9 Å². The van der Waals surface area contributed by atoms with Crippen LogP contribution in [0.15, 0.2) is 100 Å². The van der Waals surface area contributed by atoms with Crippen LogP contribution in [0.1, 0.15) is 48.4 Å². The second kappa shape index (κ2) is 18.5. The van der Waals surface area contributed by atoms with E-state index in [9.17, 15) is 27.6 Å². The zero-order valence-electron chi connectivity index (χ0n) is 32.9. The molecule has 0 radical (unpaired) electrons. The number of fused-ring (bicyclic) bond motifs is 1. The molecule has 0 aliphatic heterocycles. The third-order valence-electron chi connectivity index (χ3n) is 9.38. The van der Waals surface area contributed by atoms with Gasteiger partial charge in [0, 0.05) is 50.6 Å². The summed E-state index contributed by atoms with van der Waals surface area (Å²) in [7, 11) is -1.40. The molecule has 0 bridgehead atoms. The first-order valence-corrected chi connectivity index (χ1v) is 20.1. The molecule has 0 saturated heterocycles. The zero-order valence-corrected chi connectivity index (χ0v) is 33.7. The number of aromatic nitrogens is 6. The Morgan fingerprint density at radius 1 is 0.883 bits per heavy atom. The summed E-state index contributed by atoms with van der Waals surface area (Å²) in [5, 5.41) is 2.68. The topological polar surface area (TPSA) is 206 Å². The molecule has 2 aromatic carbocycles. The summed E-state index contributed by atoms with van der Waals surface area (Å²) < 4.78 is 71.8. The Morgan fingerprint density at radius 2 is 1.62 bits per heavy atom. The number of sulfonamides is 1. The fourth-order valence-corrected chi connectivity index (χ4v) is 7.08. The molecule has 1 atom stereocenters. The molecule has 0 saturated carbocycles.